The molecule has 2 rings (SSSR count). The van der Waals surface area contributed by atoms with Crippen LogP contribution < -0.4 is 5.32 Å². The molecule has 0 aliphatic carbocycles. The summed E-state index contributed by atoms with van der Waals surface area (Å²) < 4.78 is 28.4. The highest BCUT2D eigenvalue weighted by atomic mass is 79.9. The second-order valence-corrected chi connectivity index (χ2v) is 6.56. The molecule has 2 nitrogen and oxygen atoms in total. The highest BCUT2D eigenvalue weighted by molar-refractivity contribution is 9.10. The van der Waals surface area contributed by atoms with Crippen LogP contribution in [0.3, 0.4) is 0 Å². The zero-order chi connectivity index (χ0) is 15.2. The lowest BCUT2D eigenvalue weighted by molar-refractivity contribution is 0.231. The van der Waals surface area contributed by atoms with Gasteiger partial charge in [0.1, 0.15) is 11.6 Å². The van der Waals surface area contributed by atoms with Crippen molar-refractivity contribution in [3.63, 3.8) is 0 Å². The summed E-state index contributed by atoms with van der Waals surface area (Å²) in [5.41, 5.74) is 0.165. The Morgan fingerprint density at radius 3 is 2.86 bits per heavy atom. The quantitative estimate of drug-likeness (QED) is 0.737. The third kappa shape index (κ3) is 4.73. The highest BCUT2D eigenvalue weighted by Crippen LogP contribution is 2.23. The standard InChI is InChI=1S/C16H23BrF2N2/c1-2-3-9-21(10-12-5-4-8-20-12)11-13-15(18)7-6-14(17)16(13)19/h6-7,12,20H,2-5,8-11H2,1H3. The predicted molar refractivity (Wildman–Crippen MR) is 85.3 cm³/mol. The van der Waals surface area contributed by atoms with Crippen molar-refractivity contribution in [3.8, 4) is 0 Å². The van der Waals surface area contributed by atoms with Crippen molar-refractivity contribution < 1.29 is 8.78 Å². The first-order valence-electron chi connectivity index (χ1n) is 7.70. The minimum absolute atomic E-state index is 0.165. The van der Waals surface area contributed by atoms with Gasteiger partial charge in [-0.2, -0.15) is 0 Å². The first-order valence-corrected chi connectivity index (χ1v) is 8.49. The third-order valence-corrected chi connectivity index (χ3v) is 4.60. The van der Waals surface area contributed by atoms with E-state index in [9.17, 15) is 8.78 Å². The van der Waals surface area contributed by atoms with Gasteiger partial charge >= 0.3 is 0 Å². The van der Waals surface area contributed by atoms with E-state index >= 15 is 0 Å². The molecule has 0 radical (unpaired) electrons. The minimum Gasteiger partial charge on any atom is -0.313 e. The minimum atomic E-state index is -0.476. The Balaban J connectivity index is 2.08. The second-order valence-electron chi connectivity index (χ2n) is 5.70. The van der Waals surface area contributed by atoms with E-state index in [1.165, 1.54) is 18.6 Å². The van der Waals surface area contributed by atoms with Gasteiger partial charge in [0, 0.05) is 24.7 Å². The van der Waals surface area contributed by atoms with Crippen molar-refractivity contribution >= 4 is 15.9 Å². The molecule has 0 saturated carbocycles. The zero-order valence-corrected chi connectivity index (χ0v) is 14.1. The fourth-order valence-electron chi connectivity index (χ4n) is 2.78. The van der Waals surface area contributed by atoms with Crippen LogP contribution in [0.5, 0.6) is 0 Å². The first kappa shape index (κ1) is 16.8. The molecule has 1 N–H and O–H groups in total. The molecular formula is C16H23BrF2N2. The average molecular weight is 361 g/mol. The van der Waals surface area contributed by atoms with Gasteiger partial charge in [0.15, 0.2) is 0 Å². The molecule has 1 saturated heterocycles. The summed E-state index contributed by atoms with van der Waals surface area (Å²) >= 11 is 3.14. The first-order chi connectivity index (χ1) is 10.1. The molecule has 1 atom stereocenters. The molecule has 1 unspecified atom stereocenters. The molecule has 1 fully saturated rings. The maximum absolute atomic E-state index is 14.1. The van der Waals surface area contributed by atoms with Gasteiger partial charge in [0.25, 0.3) is 0 Å². The van der Waals surface area contributed by atoms with Crippen LogP contribution in [-0.2, 0) is 6.54 Å². The Hall–Kier alpha value is -0.520. The Labute approximate surface area is 134 Å². The van der Waals surface area contributed by atoms with Crippen LogP contribution in [0.4, 0.5) is 8.78 Å². The number of rotatable bonds is 7. The summed E-state index contributed by atoms with van der Waals surface area (Å²) in [5, 5.41) is 3.45. The summed E-state index contributed by atoms with van der Waals surface area (Å²) in [7, 11) is 0. The molecule has 118 valence electrons. The zero-order valence-electron chi connectivity index (χ0n) is 12.5. The van der Waals surface area contributed by atoms with Gasteiger partial charge < -0.3 is 5.32 Å². The Kier molecular flexibility index (Phi) is 6.58. The van der Waals surface area contributed by atoms with Crippen LogP contribution >= 0.6 is 15.9 Å². The van der Waals surface area contributed by atoms with Gasteiger partial charge in [-0.25, -0.2) is 8.78 Å². The van der Waals surface area contributed by atoms with Crippen LogP contribution in [0.2, 0.25) is 0 Å². The van der Waals surface area contributed by atoms with Crippen molar-refractivity contribution in [1.82, 2.24) is 10.2 Å². The van der Waals surface area contributed by atoms with Crippen LogP contribution in [0, 0.1) is 11.6 Å². The smallest absolute Gasteiger partial charge is 0.144 e. The molecule has 1 heterocycles. The van der Waals surface area contributed by atoms with E-state index in [1.807, 2.05) is 0 Å². The largest absolute Gasteiger partial charge is 0.313 e. The van der Waals surface area contributed by atoms with E-state index in [-0.39, 0.29) is 5.56 Å². The van der Waals surface area contributed by atoms with E-state index in [4.69, 9.17) is 0 Å². The van der Waals surface area contributed by atoms with Crippen LogP contribution in [0.1, 0.15) is 38.2 Å². The van der Waals surface area contributed by atoms with Gasteiger partial charge in [-0.3, -0.25) is 4.90 Å². The summed E-state index contributed by atoms with van der Waals surface area (Å²) in [6, 6.07) is 3.19. The number of nitrogens with one attached hydrogen (secondary N) is 1. The maximum atomic E-state index is 14.1. The van der Waals surface area contributed by atoms with Gasteiger partial charge in [-0.05, 0) is 60.4 Å². The molecule has 1 aliphatic rings. The molecule has 1 aromatic carbocycles. The summed E-state index contributed by atoms with van der Waals surface area (Å²) in [4.78, 5) is 2.17. The summed E-state index contributed by atoms with van der Waals surface area (Å²) in [5.74, 6) is -0.938. The Morgan fingerprint density at radius 2 is 2.19 bits per heavy atom. The molecular weight excluding hydrogens is 338 g/mol. The molecule has 21 heavy (non-hydrogen) atoms. The van der Waals surface area contributed by atoms with Crippen molar-refractivity contribution in [2.24, 2.45) is 0 Å². The van der Waals surface area contributed by atoms with Crippen LogP contribution in [-0.4, -0.2) is 30.6 Å². The second kappa shape index (κ2) is 8.20. The van der Waals surface area contributed by atoms with Gasteiger partial charge in [-0.1, -0.05) is 13.3 Å². The molecule has 0 aromatic heterocycles. The average Bonchev–Trinajstić information content (AvgIpc) is 2.97. The Bertz CT molecular complexity index is 462. The lowest BCUT2D eigenvalue weighted by atomic mass is 10.1. The van der Waals surface area contributed by atoms with E-state index in [1.54, 1.807) is 0 Å². The monoisotopic (exact) mass is 360 g/mol. The number of nitrogens with zero attached hydrogens (tertiary/aromatic N) is 1. The molecule has 1 aromatic rings. The number of hydrogen-bond donors (Lipinski definition) is 1. The molecule has 0 spiro atoms. The lowest BCUT2D eigenvalue weighted by Crippen LogP contribution is -2.38. The lowest BCUT2D eigenvalue weighted by Gasteiger charge is -2.26. The fraction of sp³-hybridized carbons (Fsp3) is 0.625. The Morgan fingerprint density at radius 1 is 1.38 bits per heavy atom. The maximum Gasteiger partial charge on any atom is 0.144 e. The number of halogens is 3. The highest BCUT2D eigenvalue weighted by Gasteiger charge is 2.20. The molecule has 5 heteroatoms. The molecule has 1 aliphatic heterocycles. The summed E-state index contributed by atoms with van der Waals surface area (Å²) in [6.45, 7) is 5.24. The molecule has 0 bridgehead atoms. The van der Waals surface area contributed by atoms with E-state index in [0.29, 0.717) is 17.1 Å². The third-order valence-electron chi connectivity index (χ3n) is 3.99. The predicted octanol–water partition coefficient (Wildman–Crippen LogP) is 4.08. The van der Waals surface area contributed by atoms with Crippen molar-refractivity contribution in [3.05, 3.63) is 33.8 Å². The number of hydrogen-bond acceptors (Lipinski definition) is 2. The summed E-state index contributed by atoms with van der Waals surface area (Å²) in [6.07, 6.45) is 4.46. The number of benzene rings is 1. The van der Waals surface area contributed by atoms with E-state index < -0.39 is 11.6 Å². The topological polar surface area (TPSA) is 15.3 Å². The van der Waals surface area contributed by atoms with Gasteiger partial charge in [0.05, 0.1) is 4.47 Å². The molecule has 0 amide bonds. The van der Waals surface area contributed by atoms with E-state index in [2.05, 4.69) is 33.1 Å². The van der Waals surface area contributed by atoms with Crippen molar-refractivity contribution in [1.29, 1.82) is 0 Å². The van der Waals surface area contributed by atoms with Crippen LogP contribution in [0.15, 0.2) is 16.6 Å². The SMILES string of the molecule is CCCCN(Cc1c(F)ccc(Br)c1F)CC1CCCN1. The van der Waals surface area contributed by atoms with Crippen molar-refractivity contribution in [2.45, 2.75) is 45.2 Å². The van der Waals surface area contributed by atoms with Gasteiger partial charge in [-0.15, -0.1) is 0 Å². The number of unbranched alkanes of at least 4 members (excludes halogenated alkanes) is 1. The fourth-order valence-corrected chi connectivity index (χ4v) is 3.15. The van der Waals surface area contributed by atoms with Gasteiger partial charge in [0.2, 0.25) is 0 Å². The van der Waals surface area contributed by atoms with E-state index in [0.717, 1.165) is 38.9 Å². The van der Waals surface area contributed by atoms with Crippen LogP contribution in [0.25, 0.3) is 0 Å². The van der Waals surface area contributed by atoms with Crippen molar-refractivity contribution in [2.75, 3.05) is 19.6 Å². The normalized spacial score (nSPS) is 18.6.